The van der Waals surface area contributed by atoms with Crippen molar-refractivity contribution >= 4 is 5.91 Å². The van der Waals surface area contributed by atoms with Crippen molar-refractivity contribution in [1.29, 1.82) is 5.26 Å². The van der Waals surface area contributed by atoms with E-state index in [1.54, 1.807) is 24.0 Å². The van der Waals surface area contributed by atoms with Gasteiger partial charge in [0, 0.05) is 49.2 Å². The van der Waals surface area contributed by atoms with Crippen molar-refractivity contribution in [2.24, 2.45) is 0 Å². The van der Waals surface area contributed by atoms with Crippen LogP contribution in [0.4, 0.5) is 4.39 Å². The summed E-state index contributed by atoms with van der Waals surface area (Å²) in [5, 5.41) is 25.1. The lowest BCUT2D eigenvalue weighted by atomic mass is 9.97. The summed E-state index contributed by atoms with van der Waals surface area (Å²) in [6.45, 7) is 4.92. The molecular weight excluding hydrogens is 419 g/mol. The third kappa shape index (κ3) is 3.70. The van der Waals surface area contributed by atoms with Gasteiger partial charge in [0.15, 0.2) is 0 Å². The third-order valence-corrected chi connectivity index (χ3v) is 6.96. The molecule has 6 nitrogen and oxygen atoms in total. The van der Waals surface area contributed by atoms with E-state index in [9.17, 15) is 19.6 Å². The third-order valence-electron chi connectivity index (χ3n) is 6.96. The molecule has 2 aliphatic rings. The summed E-state index contributed by atoms with van der Waals surface area (Å²) in [7, 11) is 0. The minimum atomic E-state index is -0.608. The zero-order chi connectivity index (χ0) is 23.3. The summed E-state index contributed by atoms with van der Waals surface area (Å²) in [5.74, 6) is -0.544. The zero-order valence-corrected chi connectivity index (χ0v) is 18.7. The molecule has 2 aromatic carbocycles. The van der Waals surface area contributed by atoms with E-state index in [2.05, 4.69) is 6.07 Å². The molecule has 5 rings (SSSR count). The van der Waals surface area contributed by atoms with Crippen LogP contribution in [0.3, 0.4) is 0 Å². The Hall–Kier alpha value is -3.50. The Morgan fingerprint density at radius 1 is 1.30 bits per heavy atom. The van der Waals surface area contributed by atoms with Crippen LogP contribution in [0.15, 0.2) is 36.4 Å². The number of benzene rings is 2. The fraction of sp³-hybridized carbons (Fsp3) is 0.346. The fourth-order valence-corrected chi connectivity index (χ4v) is 5.25. The molecule has 168 valence electrons. The van der Waals surface area contributed by atoms with E-state index in [4.69, 9.17) is 5.10 Å². The maximum atomic E-state index is 14.2. The number of hydrogen-bond donors (Lipinski definition) is 1. The van der Waals surface area contributed by atoms with Crippen molar-refractivity contribution in [3.05, 3.63) is 75.7 Å². The average Bonchev–Trinajstić information content (AvgIpc) is 3.32. The van der Waals surface area contributed by atoms with E-state index in [1.807, 2.05) is 23.7 Å². The molecule has 1 unspecified atom stereocenters. The van der Waals surface area contributed by atoms with Gasteiger partial charge in [-0.25, -0.2) is 4.39 Å². The first kappa shape index (κ1) is 21.4. The minimum absolute atomic E-state index is 0.0104. The first-order valence-electron chi connectivity index (χ1n) is 11.2. The molecule has 7 heteroatoms. The van der Waals surface area contributed by atoms with Crippen LogP contribution in [0, 0.1) is 24.1 Å². The fourth-order valence-electron chi connectivity index (χ4n) is 5.25. The number of rotatable bonds is 3. The molecule has 0 saturated carbocycles. The molecule has 0 bridgehead atoms. The largest absolute Gasteiger partial charge is 0.392 e. The smallest absolute Gasteiger partial charge is 0.219 e. The van der Waals surface area contributed by atoms with Gasteiger partial charge >= 0.3 is 0 Å². The number of aliphatic hydroxyl groups excluding tert-OH is 1. The number of carbonyl (C=O) groups is 1. The van der Waals surface area contributed by atoms with Crippen LogP contribution in [-0.2, 0) is 30.7 Å². The van der Waals surface area contributed by atoms with Crippen LogP contribution in [0.2, 0.25) is 0 Å². The van der Waals surface area contributed by atoms with Gasteiger partial charge in [-0.3, -0.25) is 9.48 Å². The number of halogens is 1. The zero-order valence-electron chi connectivity index (χ0n) is 18.7. The summed E-state index contributed by atoms with van der Waals surface area (Å²) in [6.07, 6.45) is 0.547. The van der Waals surface area contributed by atoms with Crippen molar-refractivity contribution in [3.63, 3.8) is 0 Å². The number of amides is 1. The summed E-state index contributed by atoms with van der Waals surface area (Å²) < 4.78 is 16.1. The highest BCUT2D eigenvalue weighted by atomic mass is 19.1. The Morgan fingerprint density at radius 2 is 2.12 bits per heavy atom. The average molecular weight is 445 g/mol. The molecule has 3 aromatic rings. The Bertz CT molecular complexity index is 1310. The maximum absolute atomic E-state index is 14.2. The molecule has 0 radical (unpaired) electrons. The first-order valence-corrected chi connectivity index (χ1v) is 11.2. The maximum Gasteiger partial charge on any atom is 0.219 e. The quantitative estimate of drug-likeness (QED) is 0.671. The van der Waals surface area contributed by atoms with E-state index in [0.717, 1.165) is 39.2 Å². The number of carbonyl (C=O) groups excluding carboxylic acids is 1. The summed E-state index contributed by atoms with van der Waals surface area (Å²) >= 11 is 0. The van der Waals surface area contributed by atoms with Gasteiger partial charge < -0.3 is 10.0 Å². The molecule has 0 saturated heterocycles. The number of aryl methyl sites for hydroxylation is 1. The Labute approximate surface area is 191 Å². The summed E-state index contributed by atoms with van der Waals surface area (Å²) in [6, 6.07) is 12.5. The van der Waals surface area contributed by atoms with Gasteiger partial charge in [0.2, 0.25) is 5.91 Å². The predicted octanol–water partition coefficient (Wildman–Crippen LogP) is 3.47. The standard InChI is InChI=1S/C26H25FN4O2/c1-15-8-19(27)10-21-20(15)11-25(33)22(21)14-31-24-6-7-30(16(2)32)13-23(24)26(29-31)18-5-3-4-17(9-18)12-28/h3-5,8-10,22,25,33H,6-7,11,13-14H2,1-2H3/t22?,25-/m1/s1. The number of hydrogen-bond acceptors (Lipinski definition) is 4. The highest BCUT2D eigenvalue weighted by Gasteiger charge is 2.35. The van der Waals surface area contributed by atoms with Crippen molar-refractivity contribution in [1.82, 2.24) is 14.7 Å². The lowest BCUT2D eigenvalue weighted by Crippen LogP contribution is -2.35. The molecule has 1 N–H and O–H groups in total. The monoisotopic (exact) mass is 444 g/mol. The van der Waals surface area contributed by atoms with E-state index in [0.29, 0.717) is 38.0 Å². The van der Waals surface area contributed by atoms with Crippen molar-refractivity contribution in [2.45, 2.75) is 51.8 Å². The first-order chi connectivity index (χ1) is 15.9. The number of aliphatic hydroxyl groups is 1. The molecule has 1 aromatic heterocycles. The van der Waals surface area contributed by atoms with E-state index < -0.39 is 6.10 Å². The van der Waals surface area contributed by atoms with Crippen LogP contribution < -0.4 is 0 Å². The SMILES string of the molecule is CC(=O)N1CCc2c(c(-c3cccc(C#N)c3)nn2CC2c3cc(F)cc(C)c3C[C@H]2O)C1. The van der Waals surface area contributed by atoms with Gasteiger partial charge in [0.25, 0.3) is 0 Å². The lowest BCUT2D eigenvalue weighted by molar-refractivity contribution is -0.129. The molecule has 1 amide bonds. The van der Waals surface area contributed by atoms with E-state index in [-0.39, 0.29) is 17.6 Å². The van der Waals surface area contributed by atoms with Gasteiger partial charge in [-0.05, 0) is 54.3 Å². The van der Waals surface area contributed by atoms with Crippen LogP contribution in [0.1, 0.15) is 46.4 Å². The minimum Gasteiger partial charge on any atom is -0.392 e. The van der Waals surface area contributed by atoms with Gasteiger partial charge in [-0.15, -0.1) is 0 Å². The van der Waals surface area contributed by atoms with Crippen LogP contribution in [0.5, 0.6) is 0 Å². The second kappa shape index (κ2) is 8.13. The van der Waals surface area contributed by atoms with Crippen molar-refractivity contribution in [2.75, 3.05) is 6.54 Å². The van der Waals surface area contributed by atoms with Crippen molar-refractivity contribution < 1.29 is 14.3 Å². The van der Waals surface area contributed by atoms with Crippen LogP contribution in [-0.4, -0.2) is 38.3 Å². The molecule has 0 spiro atoms. The molecule has 33 heavy (non-hydrogen) atoms. The highest BCUT2D eigenvalue weighted by Crippen LogP contribution is 2.39. The second-order valence-electron chi connectivity index (χ2n) is 9.01. The predicted molar refractivity (Wildman–Crippen MR) is 121 cm³/mol. The number of fused-ring (bicyclic) bond motifs is 2. The second-order valence-corrected chi connectivity index (χ2v) is 9.01. The molecular formula is C26H25FN4O2. The normalized spacial score (nSPS) is 19.2. The Morgan fingerprint density at radius 3 is 2.88 bits per heavy atom. The number of aromatic nitrogens is 2. The molecule has 2 heterocycles. The van der Waals surface area contributed by atoms with Gasteiger partial charge in [0.1, 0.15) is 5.82 Å². The number of nitrogens with zero attached hydrogens (tertiary/aromatic N) is 4. The Kier molecular flexibility index (Phi) is 5.26. The molecule has 1 aliphatic heterocycles. The van der Waals surface area contributed by atoms with Crippen molar-refractivity contribution in [3.8, 4) is 17.3 Å². The number of nitriles is 1. The van der Waals surface area contributed by atoms with Gasteiger partial charge in [0.05, 0.1) is 30.0 Å². The van der Waals surface area contributed by atoms with E-state index >= 15 is 0 Å². The highest BCUT2D eigenvalue weighted by molar-refractivity contribution is 5.75. The van der Waals surface area contributed by atoms with Crippen LogP contribution in [0.25, 0.3) is 11.3 Å². The molecule has 1 aliphatic carbocycles. The molecule has 2 atom stereocenters. The Balaban J connectivity index is 1.59. The van der Waals surface area contributed by atoms with Gasteiger partial charge in [-0.1, -0.05) is 12.1 Å². The van der Waals surface area contributed by atoms with E-state index in [1.165, 1.54) is 12.1 Å². The topological polar surface area (TPSA) is 82.2 Å². The summed E-state index contributed by atoms with van der Waals surface area (Å²) in [4.78, 5) is 13.9. The summed E-state index contributed by atoms with van der Waals surface area (Å²) in [5.41, 5.74) is 6.83. The molecule has 0 fully saturated rings. The lowest BCUT2D eigenvalue weighted by Gasteiger charge is -2.27. The van der Waals surface area contributed by atoms with Gasteiger partial charge in [-0.2, -0.15) is 10.4 Å². The van der Waals surface area contributed by atoms with Crippen LogP contribution >= 0.6 is 0 Å².